The summed E-state index contributed by atoms with van der Waals surface area (Å²) in [6.07, 6.45) is 0.562. The van der Waals surface area contributed by atoms with Crippen LogP contribution in [0.1, 0.15) is 22.3 Å². The summed E-state index contributed by atoms with van der Waals surface area (Å²) in [5.41, 5.74) is 3.98. The van der Waals surface area contributed by atoms with Crippen molar-refractivity contribution in [3.63, 3.8) is 0 Å². The van der Waals surface area contributed by atoms with E-state index in [1.54, 1.807) is 14.1 Å². The molecule has 2 aromatic rings. The molecule has 0 radical (unpaired) electrons. The Labute approximate surface area is 159 Å². The van der Waals surface area contributed by atoms with Crippen LogP contribution in [0.25, 0.3) is 0 Å². The van der Waals surface area contributed by atoms with Gasteiger partial charge < -0.3 is 20.1 Å². The highest BCUT2D eigenvalue weighted by atomic mass is 16.5. The van der Waals surface area contributed by atoms with Crippen LogP contribution < -0.4 is 20.1 Å². The van der Waals surface area contributed by atoms with Crippen molar-refractivity contribution in [2.75, 3.05) is 27.3 Å². The van der Waals surface area contributed by atoms with Crippen LogP contribution in [0.15, 0.2) is 36.4 Å². The van der Waals surface area contributed by atoms with Crippen LogP contribution in [0.2, 0.25) is 0 Å². The molecule has 2 N–H and O–H groups in total. The van der Waals surface area contributed by atoms with E-state index in [0.29, 0.717) is 17.9 Å². The third-order valence-electron chi connectivity index (χ3n) is 4.10. The van der Waals surface area contributed by atoms with Crippen molar-refractivity contribution in [1.82, 2.24) is 10.6 Å². The molecular formula is C21H26N2O4. The molecule has 0 atom stereocenters. The fraction of sp³-hybridized carbons (Fsp3) is 0.333. The lowest BCUT2D eigenvalue weighted by Gasteiger charge is -2.15. The van der Waals surface area contributed by atoms with E-state index in [1.165, 1.54) is 0 Å². The first kappa shape index (κ1) is 20.3. The summed E-state index contributed by atoms with van der Waals surface area (Å²) >= 11 is 0. The molecule has 0 aliphatic carbocycles. The smallest absolute Gasteiger partial charge is 0.257 e. The first-order valence-corrected chi connectivity index (χ1v) is 8.78. The fourth-order valence-corrected chi connectivity index (χ4v) is 2.52. The van der Waals surface area contributed by atoms with Crippen LogP contribution in [-0.2, 0) is 16.0 Å². The Morgan fingerprint density at radius 2 is 1.19 bits per heavy atom. The maximum absolute atomic E-state index is 11.5. The molecule has 6 heteroatoms. The number of carbonyl (C=O) groups is 2. The van der Waals surface area contributed by atoms with E-state index < -0.39 is 0 Å². The van der Waals surface area contributed by atoms with Gasteiger partial charge in [0, 0.05) is 20.5 Å². The predicted octanol–water partition coefficient (Wildman–Crippen LogP) is 2.14. The van der Waals surface area contributed by atoms with Crippen molar-refractivity contribution < 1.29 is 19.1 Å². The number of nitrogens with one attached hydrogen (secondary N) is 2. The van der Waals surface area contributed by atoms with Crippen molar-refractivity contribution in [1.29, 1.82) is 0 Å². The molecule has 0 heterocycles. The summed E-state index contributed by atoms with van der Waals surface area (Å²) in [4.78, 5) is 23.0. The van der Waals surface area contributed by atoms with Gasteiger partial charge in [-0.15, -0.1) is 0 Å². The summed E-state index contributed by atoms with van der Waals surface area (Å²) in [5.74, 6) is 0.952. The molecule has 0 aliphatic heterocycles. The van der Waals surface area contributed by atoms with Crippen molar-refractivity contribution in [3.8, 4) is 11.5 Å². The maximum Gasteiger partial charge on any atom is 0.257 e. The van der Waals surface area contributed by atoms with Gasteiger partial charge in [-0.05, 0) is 48.2 Å². The Bertz CT molecular complexity index is 750. The Morgan fingerprint density at radius 3 is 1.56 bits per heavy atom. The zero-order chi connectivity index (χ0) is 19.8. The molecule has 0 aromatic heterocycles. The predicted molar refractivity (Wildman–Crippen MR) is 104 cm³/mol. The highest BCUT2D eigenvalue weighted by Gasteiger charge is 2.12. The van der Waals surface area contributed by atoms with E-state index in [2.05, 4.69) is 10.6 Å². The lowest BCUT2D eigenvalue weighted by Crippen LogP contribution is -2.25. The Hall–Kier alpha value is -3.02. The molecule has 0 saturated carbocycles. The summed E-state index contributed by atoms with van der Waals surface area (Å²) in [6, 6.07) is 11.8. The molecule has 2 aromatic carbocycles. The van der Waals surface area contributed by atoms with Gasteiger partial charge in [0.1, 0.15) is 11.5 Å². The molecule has 144 valence electrons. The molecule has 0 saturated heterocycles. The van der Waals surface area contributed by atoms with Crippen LogP contribution >= 0.6 is 0 Å². The summed E-state index contributed by atoms with van der Waals surface area (Å²) in [6.45, 7) is 3.86. The number of benzene rings is 2. The molecule has 27 heavy (non-hydrogen) atoms. The molecule has 6 nitrogen and oxygen atoms in total. The van der Waals surface area contributed by atoms with Crippen LogP contribution in [0.3, 0.4) is 0 Å². The van der Waals surface area contributed by atoms with Gasteiger partial charge in [-0.1, -0.05) is 24.3 Å². The number of hydrogen-bond acceptors (Lipinski definition) is 4. The van der Waals surface area contributed by atoms with Crippen molar-refractivity contribution in [2.24, 2.45) is 0 Å². The zero-order valence-electron chi connectivity index (χ0n) is 16.2. The Kier molecular flexibility index (Phi) is 7.23. The SMILES string of the molecule is CNC(=O)COc1cc(C)ccc1Cc1ccc(C)cc1OCC(=O)NC. The third-order valence-corrected chi connectivity index (χ3v) is 4.10. The third kappa shape index (κ3) is 6.02. The molecule has 0 fully saturated rings. The fourth-order valence-electron chi connectivity index (χ4n) is 2.52. The molecular weight excluding hydrogens is 344 g/mol. The monoisotopic (exact) mass is 370 g/mol. The average Bonchev–Trinajstić information content (AvgIpc) is 2.67. The molecule has 0 bridgehead atoms. The molecule has 0 spiro atoms. The number of carbonyl (C=O) groups excluding carboxylic acids is 2. The van der Waals surface area contributed by atoms with Gasteiger partial charge >= 0.3 is 0 Å². The molecule has 2 rings (SSSR count). The van der Waals surface area contributed by atoms with E-state index in [1.807, 2.05) is 50.2 Å². The second-order valence-electron chi connectivity index (χ2n) is 6.32. The second kappa shape index (κ2) is 9.62. The van der Waals surface area contributed by atoms with E-state index in [-0.39, 0.29) is 25.0 Å². The van der Waals surface area contributed by atoms with Crippen LogP contribution in [0.4, 0.5) is 0 Å². The second-order valence-corrected chi connectivity index (χ2v) is 6.32. The standard InChI is InChI=1S/C21H26N2O4/c1-14-5-7-16(18(9-14)26-12-20(24)22-3)11-17-8-6-15(2)10-19(17)27-13-21(25)23-4/h5-10H,11-13H2,1-4H3,(H,22,24)(H,23,25). The number of rotatable bonds is 8. The van der Waals surface area contributed by atoms with E-state index in [4.69, 9.17) is 9.47 Å². The zero-order valence-corrected chi connectivity index (χ0v) is 16.2. The van der Waals surface area contributed by atoms with Gasteiger partial charge in [0.25, 0.3) is 11.8 Å². The number of hydrogen-bond donors (Lipinski definition) is 2. The Morgan fingerprint density at radius 1 is 0.778 bits per heavy atom. The topological polar surface area (TPSA) is 76.7 Å². The van der Waals surface area contributed by atoms with Gasteiger partial charge in [0.05, 0.1) is 0 Å². The van der Waals surface area contributed by atoms with Gasteiger partial charge in [0.2, 0.25) is 0 Å². The quantitative estimate of drug-likeness (QED) is 0.746. The lowest BCUT2D eigenvalue weighted by atomic mass is 10.0. The van der Waals surface area contributed by atoms with Gasteiger partial charge in [-0.2, -0.15) is 0 Å². The summed E-state index contributed by atoms with van der Waals surface area (Å²) in [7, 11) is 3.15. The van der Waals surface area contributed by atoms with E-state index >= 15 is 0 Å². The maximum atomic E-state index is 11.5. The van der Waals surface area contributed by atoms with Crippen LogP contribution in [0, 0.1) is 13.8 Å². The van der Waals surface area contributed by atoms with Crippen molar-refractivity contribution in [3.05, 3.63) is 58.7 Å². The normalized spacial score (nSPS) is 10.2. The first-order chi connectivity index (χ1) is 12.9. The molecule has 2 amide bonds. The van der Waals surface area contributed by atoms with Gasteiger partial charge in [0.15, 0.2) is 13.2 Å². The summed E-state index contributed by atoms with van der Waals surface area (Å²) < 4.78 is 11.4. The highest BCUT2D eigenvalue weighted by Crippen LogP contribution is 2.28. The first-order valence-electron chi connectivity index (χ1n) is 8.78. The number of amides is 2. The van der Waals surface area contributed by atoms with Crippen molar-refractivity contribution in [2.45, 2.75) is 20.3 Å². The average molecular weight is 370 g/mol. The Balaban J connectivity index is 2.25. The lowest BCUT2D eigenvalue weighted by molar-refractivity contribution is -0.123. The van der Waals surface area contributed by atoms with Crippen molar-refractivity contribution >= 4 is 11.8 Å². The minimum Gasteiger partial charge on any atom is -0.483 e. The number of ether oxygens (including phenoxy) is 2. The molecule has 0 unspecified atom stereocenters. The van der Waals surface area contributed by atoms with E-state index in [0.717, 1.165) is 22.3 Å². The number of likely N-dealkylation sites (N-methyl/N-ethyl adjacent to an activating group) is 2. The minimum absolute atomic E-state index is 0.0408. The minimum atomic E-state index is -0.188. The van der Waals surface area contributed by atoms with Gasteiger partial charge in [-0.25, -0.2) is 0 Å². The van der Waals surface area contributed by atoms with Crippen LogP contribution in [0.5, 0.6) is 11.5 Å². The van der Waals surface area contributed by atoms with Gasteiger partial charge in [-0.3, -0.25) is 9.59 Å². The molecule has 0 aliphatic rings. The summed E-state index contributed by atoms with van der Waals surface area (Å²) in [5, 5.41) is 5.09. The van der Waals surface area contributed by atoms with Crippen LogP contribution in [-0.4, -0.2) is 39.1 Å². The number of aryl methyl sites for hydroxylation is 2. The van der Waals surface area contributed by atoms with E-state index in [9.17, 15) is 9.59 Å². The highest BCUT2D eigenvalue weighted by molar-refractivity contribution is 5.77. The largest absolute Gasteiger partial charge is 0.483 e.